The van der Waals surface area contributed by atoms with E-state index in [1.54, 1.807) is 46.9 Å². The van der Waals surface area contributed by atoms with Gasteiger partial charge in [0.25, 0.3) is 0 Å². The van der Waals surface area contributed by atoms with E-state index in [0.717, 1.165) is 34.2 Å². The monoisotopic (exact) mass is 538 g/mol. The first-order chi connectivity index (χ1) is 16.0. The van der Waals surface area contributed by atoms with Crippen LogP contribution in [0.25, 0.3) is 21.8 Å². The highest BCUT2D eigenvalue weighted by molar-refractivity contribution is 6.34. The fourth-order valence-electron chi connectivity index (χ4n) is 3.18. The SMILES string of the molecule is C.C.CCN(C)c1ncnc2cc(OC)c(OC)cc12.COc1cc2ncnc(Cl)c2cc1OC.[Cl-]. The molecule has 0 amide bonds. The minimum atomic E-state index is 0. The second-order valence-electron chi connectivity index (χ2n) is 6.82. The zero-order valence-corrected chi connectivity index (χ0v) is 21.3. The molecule has 0 unspecified atom stereocenters. The molecule has 4 aromatic rings. The van der Waals surface area contributed by atoms with Crippen LogP contribution in [0.1, 0.15) is 21.8 Å². The van der Waals surface area contributed by atoms with E-state index in [2.05, 4.69) is 31.8 Å². The van der Waals surface area contributed by atoms with Gasteiger partial charge in [-0.25, -0.2) is 19.9 Å². The molecule has 0 spiro atoms. The van der Waals surface area contributed by atoms with E-state index >= 15 is 0 Å². The maximum absolute atomic E-state index is 5.93. The van der Waals surface area contributed by atoms with E-state index in [1.165, 1.54) is 6.33 Å². The minimum absolute atomic E-state index is 0. The molecular formula is C25H34Cl2N5O4-. The van der Waals surface area contributed by atoms with Crippen LogP contribution in [0.5, 0.6) is 23.0 Å². The molecule has 0 aliphatic carbocycles. The highest BCUT2D eigenvalue weighted by Gasteiger charge is 2.12. The molecule has 2 aromatic heterocycles. The van der Waals surface area contributed by atoms with Crippen molar-refractivity contribution in [2.24, 2.45) is 0 Å². The Morgan fingerprint density at radius 3 is 1.58 bits per heavy atom. The van der Waals surface area contributed by atoms with Crippen molar-refractivity contribution in [3.05, 3.63) is 42.1 Å². The maximum atomic E-state index is 5.93. The average Bonchev–Trinajstić information content (AvgIpc) is 2.86. The summed E-state index contributed by atoms with van der Waals surface area (Å²) in [5.41, 5.74) is 1.57. The van der Waals surface area contributed by atoms with Crippen molar-refractivity contribution in [3.8, 4) is 23.0 Å². The number of hydrogen-bond donors (Lipinski definition) is 0. The number of hydrogen-bond acceptors (Lipinski definition) is 9. The smallest absolute Gasteiger partial charge is 0.162 e. The van der Waals surface area contributed by atoms with Crippen molar-refractivity contribution in [1.29, 1.82) is 0 Å². The Labute approximate surface area is 224 Å². The molecule has 0 radical (unpaired) electrons. The Hall–Kier alpha value is -3.30. The van der Waals surface area contributed by atoms with Crippen LogP contribution in [0.3, 0.4) is 0 Å². The number of aromatic nitrogens is 4. The summed E-state index contributed by atoms with van der Waals surface area (Å²) in [7, 11) is 8.38. The molecule has 0 fully saturated rings. The second-order valence-corrected chi connectivity index (χ2v) is 7.18. The van der Waals surface area contributed by atoms with E-state index in [4.69, 9.17) is 30.5 Å². The van der Waals surface area contributed by atoms with Crippen LogP contribution in [0.2, 0.25) is 5.15 Å². The summed E-state index contributed by atoms with van der Waals surface area (Å²) in [5, 5.41) is 2.11. The van der Waals surface area contributed by atoms with Crippen molar-refractivity contribution >= 4 is 39.2 Å². The minimum Gasteiger partial charge on any atom is -1.00 e. The molecule has 9 nitrogen and oxygen atoms in total. The predicted molar refractivity (Wildman–Crippen MR) is 143 cm³/mol. The molecule has 11 heteroatoms. The van der Waals surface area contributed by atoms with Crippen LogP contribution < -0.4 is 36.3 Å². The Balaban J connectivity index is 0.000000636. The van der Waals surface area contributed by atoms with Crippen LogP contribution in [0, 0.1) is 0 Å². The highest BCUT2D eigenvalue weighted by atomic mass is 35.5. The first kappa shape index (κ1) is 32.7. The maximum Gasteiger partial charge on any atom is 0.162 e. The largest absolute Gasteiger partial charge is 1.00 e. The normalized spacial score (nSPS) is 9.53. The molecular weight excluding hydrogens is 505 g/mol. The zero-order chi connectivity index (χ0) is 24.0. The van der Waals surface area contributed by atoms with Gasteiger partial charge in [0.2, 0.25) is 0 Å². The van der Waals surface area contributed by atoms with E-state index in [9.17, 15) is 0 Å². The lowest BCUT2D eigenvalue weighted by molar-refractivity contribution is -0.00000877. The summed E-state index contributed by atoms with van der Waals surface area (Å²) in [6.07, 6.45) is 2.98. The summed E-state index contributed by atoms with van der Waals surface area (Å²) >= 11 is 5.93. The Morgan fingerprint density at radius 2 is 1.11 bits per heavy atom. The predicted octanol–water partition coefficient (Wildman–Crippen LogP) is 2.68. The fraction of sp³-hybridized carbons (Fsp3) is 0.360. The Bertz CT molecular complexity index is 1260. The highest BCUT2D eigenvalue weighted by Crippen LogP contribution is 2.35. The lowest BCUT2D eigenvalue weighted by atomic mass is 10.2. The summed E-state index contributed by atoms with van der Waals surface area (Å²) in [6.45, 7) is 2.95. The standard InChI is InChI=1S/C13H17N3O2.C10H9ClN2O2.2CH4.ClH/c1-5-16(2)13-9-6-11(17-3)12(18-4)7-10(9)14-8-15-13;1-14-8-3-6-7(4-9(8)15-2)12-5-13-10(6)11;;;/h6-8H,5H2,1-4H3;3-5H,1-2H3;2*1H4;1H/p-1. The topological polar surface area (TPSA) is 91.7 Å². The van der Waals surface area contributed by atoms with Crippen molar-refractivity contribution < 1.29 is 31.4 Å². The number of fused-ring (bicyclic) bond motifs is 2. The van der Waals surface area contributed by atoms with Gasteiger partial charge >= 0.3 is 0 Å². The van der Waals surface area contributed by atoms with Crippen LogP contribution >= 0.6 is 11.6 Å². The van der Waals surface area contributed by atoms with Crippen LogP contribution in [-0.4, -0.2) is 62.0 Å². The van der Waals surface area contributed by atoms with Crippen LogP contribution in [0.4, 0.5) is 5.82 Å². The molecule has 0 saturated heterocycles. The molecule has 0 aliphatic heterocycles. The van der Waals surface area contributed by atoms with Gasteiger partial charge in [-0.1, -0.05) is 26.5 Å². The third-order valence-corrected chi connectivity index (χ3v) is 5.35. The molecule has 2 aromatic carbocycles. The van der Waals surface area contributed by atoms with E-state index < -0.39 is 0 Å². The van der Waals surface area contributed by atoms with Crippen molar-refractivity contribution in [3.63, 3.8) is 0 Å². The van der Waals surface area contributed by atoms with Gasteiger partial charge in [-0.15, -0.1) is 0 Å². The van der Waals surface area contributed by atoms with Crippen LogP contribution in [0.15, 0.2) is 36.9 Å². The van der Waals surface area contributed by atoms with Crippen molar-refractivity contribution in [2.45, 2.75) is 21.8 Å². The molecule has 36 heavy (non-hydrogen) atoms. The number of halogens is 2. The number of ether oxygens (including phenoxy) is 4. The summed E-state index contributed by atoms with van der Waals surface area (Å²) in [5.74, 6) is 3.49. The van der Waals surface area contributed by atoms with Gasteiger partial charge in [-0.2, -0.15) is 0 Å². The van der Waals surface area contributed by atoms with Gasteiger partial charge in [0.05, 0.1) is 39.5 Å². The van der Waals surface area contributed by atoms with Gasteiger partial charge < -0.3 is 36.3 Å². The van der Waals surface area contributed by atoms with Gasteiger partial charge in [0.1, 0.15) is 23.6 Å². The van der Waals surface area contributed by atoms with Gasteiger partial charge in [-0.05, 0) is 19.1 Å². The zero-order valence-electron chi connectivity index (χ0n) is 19.8. The number of methoxy groups -OCH3 is 4. The summed E-state index contributed by atoms with van der Waals surface area (Å²) < 4.78 is 20.9. The molecule has 0 atom stereocenters. The summed E-state index contributed by atoms with van der Waals surface area (Å²) in [6, 6.07) is 7.30. The summed E-state index contributed by atoms with van der Waals surface area (Å²) in [4.78, 5) is 18.7. The number of nitrogens with zero attached hydrogens (tertiary/aromatic N) is 5. The number of benzene rings is 2. The molecule has 0 aliphatic rings. The van der Waals surface area contributed by atoms with E-state index in [0.29, 0.717) is 28.2 Å². The average molecular weight is 539 g/mol. The van der Waals surface area contributed by atoms with Crippen molar-refractivity contribution in [2.75, 3.05) is 46.9 Å². The van der Waals surface area contributed by atoms with Gasteiger partial charge in [0, 0.05) is 36.5 Å². The molecule has 0 bridgehead atoms. The molecule has 4 rings (SSSR count). The van der Waals surface area contributed by atoms with E-state index in [1.807, 2.05) is 19.2 Å². The third-order valence-electron chi connectivity index (χ3n) is 5.05. The second kappa shape index (κ2) is 15.0. The molecule has 0 saturated carbocycles. The number of rotatable bonds is 6. The Kier molecular flexibility index (Phi) is 13.6. The lowest BCUT2D eigenvalue weighted by Gasteiger charge is -2.18. The van der Waals surface area contributed by atoms with Gasteiger partial charge in [-0.3, -0.25) is 0 Å². The molecule has 198 valence electrons. The number of anilines is 1. The molecule has 2 heterocycles. The lowest BCUT2D eigenvalue weighted by Crippen LogP contribution is -3.00. The first-order valence-corrected chi connectivity index (χ1v) is 10.4. The van der Waals surface area contributed by atoms with Crippen molar-refractivity contribution in [1.82, 2.24) is 19.9 Å². The van der Waals surface area contributed by atoms with E-state index in [-0.39, 0.29) is 27.3 Å². The quantitative estimate of drug-likeness (QED) is 0.343. The van der Waals surface area contributed by atoms with Gasteiger partial charge in [0.15, 0.2) is 23.0 Å². The Morgan fingerprint density at radius 1 is 0.694 bits per heavy atom. The third kappa shape index (κ3) is 6.89. The first-order valence-electron chi connectivity index (χ1n) is 10.1. The van der Waals surface area contributed by atoms with Crippen LogP contribution in [-0.2, 0) is 0 Å². The fourth-order valence-corrected chi connectivity index (χ4v) is 3.37. The molecule has 0 N–H and O–H groups in total.